The maximum Gasteiger partial charge on any atom is 0.410 e. The van der Waals surface area contributed by atoms with Gasteiger partial charge in [0.05, 0.1) is 12.3 Å². The molecule has 1 aliphatic rings. The van der Waals surface area contributed by atoms with Crippen molar-refractivity contribution < 1.29 is 19.0 Å². The van der Waals surface area contributed by atoms with E-state index >= 15 is 0 Å². The van der Waals surface area contributed by atoms with Crippen molar-refractivity contribution in [2.75, 3.05) is 31.1 Å². The molecule has 1 heterocycles. The minimum Gasteiger partial charge on any atom is -0.444 e. The molecule has 122 valence electrons. The van der Waals surface area contributed by atoms with E-state index in [1.54, 1.807) is 23.1 Å². The molecule has 1 aliphatic heterocycles. The maximum atomic E-state index is 14.2. The van der Waals surface area contributed by atoms with Gasteiger partial charge in [-0.15, -0.1) is 0 Å². The van der Waals surface area contributed by atoms with E-state index in [2.05, 4.69) is 0 Å². The van der Waals surface area contributed by atoms with Crippen molar-refractivity contribution in [1.82, 2.24) is 4.90 Å². The van der Waals surface area contributed by atoms with Crippen LogP contribution in [0.5, 0.6) is 0 Å². The lowest BCUT2D eigenvalue weighted by Gasteiger charge is -2.37. The Kier molecular flexibility index (Phi) is 4.90. The van der Waals surface area contributed by atoms with Crippen LogP contribution in [0.15, 0.2) is 18.2 Å². The molecule has 0 spiro atoms. The van der Waals surface area contributed by atoms with Crippen molar-refractivity contribution in [2.24, 2.45) is 0 Å². The number of aliphatic hydroxyl groups is 1. The van der Waals surface area contributed by atoms with Crippen LogP contribution in [0.4, 0.5) is 14.9 Å². The predicted molar refractivity (Wildman–Crippen MR) is 82.3 cm³/mol. The quantitative estimate of drug-likeness (QED) is 0.911. The fraction of sp³-hybridized carbons (Fsp3) is 0.562. The van der Waals surface area contributed by atoms with Crippen molar-refractivity contribution in [3.8, 4) is 0 Å². The van der Waals surface area contributed by atoms with Gasteiger partial charge in [0.25, 0.3) is 0 Å². The third kappa shape index (κ3) is 3.88. The standard InChI is InChI=1S/C16H23FN2O3/c1-16(2,3)22-15(21)19-9-7-18(8-10-19)13-6-4-5-12(11-20)14(13)17/h4-6,20H,7-11H2,1-3H3. The van der Waals surface area contributed by atoms with E-state index in [9.17, 15) is 9.18 Å². The van der Waals surface area contributed by atoms with Gasteiger partial charge in [0.15, 0.2) is 5.82 Å². The number of carbonyl (C=O) groups is 1. The SMILES string of the molecule is CC(C)(C)OC(=O)N1CCN(c2cccc(CO)c2F)CC1. The van der Waals surface area contributed by atoms with Gasteiger partial charge in [0.2, 0.25) is 0 Å². The molecule has 1 aromatic rings. The highest BCUT2D eigenvalue weighted by atomic mass is 19.1. The van der Waals surface area contributed by atoms with Crippen LogP contribution in [0, 0.1) is 5.82 Å². The predicted octanol–water partition coefficient (Wildman–Crippen LogP) is 2.38. The molecular weight excluding hydrogens is 287 g/mol. The Morgan fingerprint density at radius 1 is 1.27 bits per heavy atom. The fourth-order valence-electron chi connectivity index (χ4n) is 2.39. The summed E-state index contributed by atoms with van der Waals surface area (Å²) in [6.07, 6.45) is -0.336. The topological polar surface area (TPSA) is 53.0 Å². The largest absolute Gasteiger partial charge is 0.444 e. The van der Waals surface area contributed by atoms with E-state index in [-0.39, 0.29) is 18.3 Å². The molecule has 1 N–H and O–H groups in total. The van der Waals surface area contributed by atoms with Gasteiger partial charge in [-0.05, 0) is 26.8 Å². The van der Waals surface area contributed by atoms with Crippen molar-refractivity contribution in [3.63, 3.8) is 0 Å². The summed E-state index contributed by atoms with van der Waals surface area (Å²) in [6, 6.07) is 4.98. The molecule has 1 amide bonds. The van der Waals surface area contributed by atoms with Crippen LogP contribution in [0.2, 0.25) is 0 Å². The lowest BCUT2D eigenvalue weighted by molar-refractivity contribution is 0.0240. The number of hydrogen-bond donors (Lipinski definition) is 1. The van der Waals surface area contributed by atoms with Gasteiger partial charge in [-0.1, -0.05) is 12.1 Å². The van der Waals surface area contributed by atoms with Crippen LogP contribution < -0.4 is 4.90 Å². The number of piperazine rings is 1. The molecule has 0 aromatic heterocycles. The Bertz CT molecular complexity index is 535. The van der Waals surface area contributed by atoms with Crippen molar-refractivity contribution in [2.45, 2.75) is 33.0 Å². The number of hydrogen-bond acceptors (Lipinski definition) is 4. The molecule has 0 saturated carbocycles. The Labute approximate surface area is 130 Å². The Morgan fingerprint density at radius 3 is 2.45 bits per heavy atom. The van der Waals surface area contributed by atoms with Gasteiger partial charge >= 0.3 is 6.09 Å². The van der Waals surface area contributed by atoms with Gasteiger partial charge in [-0.2, -0.15) is 0 Å². The monoisotopic (exact) mass is 310 g/mol. The minimum absolute atomic E-state index is 0.284. The van der Waals surface area contributed by atoms with Gasteiger partial charge in [-0.25, -0.2) is 9.18 Å². The zero-order chi connectivity index (χ0) is 16.3. The van der Waals surface area contributed by atoms with Gasteiger partial charge < -0.3 is 19.6 Å². The summed E-state index contributed by atoms with van der Waals surface area (Å²) in [5, 5.41) is 9.14. The second-order valence-corrected chi connectivity index (χ2v) is 6.36. The molecule has 5 nitrogen and oxygen atoms in total. The number of aliphatic hydroxyl groups excluding tert-OH is 1. The number of anilines is 1. The molecule has 0 radical (unpaired) electrons. The maximum absolute atomic E-state index is 14.2. The first-order valence-electron chi connectivity index (χ1n) is 7.43. The number of carbonyl (C=O) groups excluding carboxylic acids is 1. The molecule has 2 rings (SSSR count). The second-order valence-electron chi connectivity index (χ2n) is 6.36. The van der Waals surface area contributed by atoms with Crippen LogP contribution in [0.25, 0.3) is 0 Å². The lowest BCUT2D eigenvalue weighted by Crippen LogP contribution is -2.50. The normalized spacial score (nSPS) is 15.9. The molecule has 0 aliphatic carbocycles. The molecular formula is C16H23FN2O3. The number of ether oxygens (including phenoxy) is 1. The average Bonchev–Trinajstić information content (AvgIpc) is 2.46. The van der Waals surface area contributed by atoms with Crippen molar-refractivity contribution in [1.29, 1.82) is 0 Å². The molecule has 1 fully saturated rings. The van der Waals surface area contributed by atoms with E-state index in [4.69, 9.17) is 9.84 Å². The van der Waals surface area contributed by atoms with Crippen LogP contribution >= 0.6 is 0 Å². The molecule has 0 atom stereocenters. The summed E-state index contributed by atoms with van der Waals surface area (Å²) in [7, 11) is 0. The van der Waals surface area contributed by atoms with E-state index in [0.29, 0.717) is 31.9 Å². The van der Waals surface area contributed by atoms with Crippen LogP contribution in [0.3, 0.4) is 0 Å². The van der Waals surface area contributed by atoms with E-state index in [0.717, 1.165) is 0 Å². The Hall–Kier alpha value is -1.82. The molecule has 22 heavy (non-hydrogen) atoms. The summed E-state index contributed by atoms with van der Waals surface area (Å²) in [4.78, 5) is 15.5. The van der Waals surface area contributed by atoms with Crippen molar-refractivity contribution in [3.05, 3.63) is 29.6 Å². The highest BCUT2D eigenvalue weighted by Crippen LogP contribution is 2.24. The summed E-state index contributed by atoms with van der Waals surface area (Å²) >= 11 is 0. The van der Waals surface area contributed by atoms with Crippen molar-refractivity contribution >= 4 is 11.8 Å². The Morgan fingerprint density at radius 2 is 1.91 bits per heavy atom. The zero-order valence-corrected chi connectivity index (χ0v) is 13.3. The van der Waals surface area contributed by atoms with Gasteiger partial charge in [0, 0.05) is 31.7 Å². The van der Waals surface area contributed by atoms with Crippen LogP contribution in [0.1, 0.15) is 26.3 Å². The van der Waals surface area contributed by atoms with Crippen LogP contribution in [-0.2, 0) is 11.3 Å². The fourth-order valence-corrected chi connectivity index (χ4v) is 2.39. The molecule has 1 aromatic carbocycles. The third-order valence-corrected chi connectivity index (χ3v) is 3.50. The van der Waals surface area contributed by atoms with E-state index in [1.807, 2.05) is 25.7 Å². The molecule has 6 heteroatoms. The van der Waals surface area contributed by atoms with Crippen LogP contribution in [-0.4, -0.2) is 47.9 Å². The number of amides is 1. The molecule has 0 unspecified atom stereocenters. The minimum atomic E-state index is -0.518. The number of rotatable bonds is 2. The smallest absolute Gasteiger partial charge is 0.410 e. The number of halogens is 1. The summed E-state index contributed by atoms with van der Waals surface area (Å²) in [6.45, 7) is 7.20. The molecule has 1 saturated heterocycles. The van der Waals surface area contributed by atoms with Gasteiger partial charge in [-0.3, -0.25) is 0 Å². The van der Waals surface area contributed by atoms with Gasteiger partial charge in [0.1, 0.15) is 5.60 Å². The first-order chi connectivity index (χ1) is 10.3. The second kappa shape index (κ2) is 6.52. The lowest BCUT2D eigenvalue weighted by atomic mass is 10.1. The highest BCUT2D eigenvalue weighted by Gasteiger charge is 2.27. The summed E-state index contributed by atoms with van der Waals surface area (Å²) in [5.74, 6) is -0.393. The highest BCUT2D eigenvalue weighted by molar-refractivity contribution is 5.68. The average molecular weight is 310 g/mol. The summed E-state index contributed by atoms with van der Waals surface area (Å²) in [5.41, 5.74) is 0.234. The third-order valence-electron chi connectivity index (χ3n) is 3.50. The first-order valence-corrected chi connectivity index (χ1v) is 7.43. The molecule has 0 bridgehead atoms. The number of nitrogens with zero attached hydrogens (tertiary/aromatic N) is 2. The van der Waals surface area contributed by atoms with E-state index in [1.165, 1.54) is 0 Å². The summed E-state index contributed by atoms with van der Waals surface area (Å²) < 4.78 is 19.6. The number of benzene rings is 1. The Balaban J connectivity index is 1.99. The first kappa shape index (κ1) is 16.5. The van der Waals surface area contributed by atoms with E-state index < -0.39 is 11.4 Å². The zero-order valence-electron chi connectivity index (χ0n) is 13.3.